The van der Waals surface area contributed by atoms with E-state index >= 15 is 0 Å². The Hall–Kier alpha value is -2.82. The molecule has 5 heteroatoms. The van der Waals surface area contributed by atoms with Crippen molar-refractivity contribution in [2.24, 2.45) is 0 Å². The quantitative estimate of drug-likeness (QED) is 0.893. The lowest BCUT2D eigenvalue weighted by molar-refractivity contribution is -0.137. The molecule has 2 aromatic rings. The second-order valence-electron chi connectivity index (χ2n) is 5.34. The van der Waals surface area contributed by atoms with E-state index in [0.717, 1.165) is 5.56 Å². The van der Waals surface area contributed by atoms with Crippen molar-refractivity contribution >= 4 is 17.6 Å². The van der Waals surface area contributed by atoms with Crippen LogP contribution in [0.1, 0.15) is 33.8 Å². The van der Waals surface area contributed by atoms with Crippen molar-refractivity contribution in [2.75, 3.05) is 11.9 Å². The summed E-state index contributed by atoms with van der Waals surface area (Å²) in [5.74, 6) is -1.54. The third-order valence-corrected chi connectivity index (χ3v) is 4.00. The van der Waals surface area contributed by atoms with E-state index in [1.165, 1.54) is 17.0 Å². The minimum absolute atomic E-state index is 0.0402. The Kier molecular flexibility index (Phi) is 3.33. The smallest absolute Gasteiger partial charge is 0.304 e. The van der Waals surface area contributed by atoms with Crippen LogP contribution in [-0.4, -0.2) is 29.1 Å². The molecule has 0 aliphatic carbocycles. The van der Waals surface area contributed by atoms with Gasteiger partial charge in [-0.05, 0) is 23.3 Å². The molecule has 1 amide bonds. The van der Waals surface area contributed by atoms with Crippen molar-refractivity contribution < 1.29 is 19.8 Å². The third-order valence-electron chi connectivity index (χ3n) is 4.00. The molecule has 0 saturated carbocycles. The summed E-state index contributed by atoms with van der Waals surface area (Å²) in [4.78, 5) is 25.4. The van der Waals surface area contributed by atoms with Crippen LogP contribution in [-0.2, 0) is 4.79 Å². The number of benzene rings is 2. The summed E-state index contributed by atoms with van der Waals surface area (Å²) in [6.07, 6.45) is -0.115. The topological polar surface area (TPSA) is 77.8 Å². The molecule has 0 bridgehead atoms. The van der Waals surface area contributed by atoms with Crippen LogP contribution < -0.4 is 4.90 Å². The van der Waals surface area contributed by atoms with Crippen molar-refractivity contribution in [2.45, 2.75) is 12.3 Å². The fourth-order valence-corrected chi connectivity index (χ4v) is 2.96. The van der Waals surface area contributed by atoms with Crippen molar-refractivity contribution in [3.8, 4) is 5.75 Å². The van der Waals surface area contributed by atoms with Gasteiger partial charge in [-0.3, -0.25) is 9.59 Å². The highest BCUT2D eigenvalue weighted by Crippen LogP contribution is 2.41. The Bertz CT molecular complexity index is 769. The molecule has 0 radical (unpaired) electrons. The number of phenols is 1. The standard InChI is InChI=1S/C17H15NO4/c1-18-15-8-10(19)6-7-12(15)14(9-16(20)21)11-4-2-3-5-13(11)17(18)22/h2-8,14,19H,9H2,1H3,(H,20,21). The van der Waals surface area contributed by atoms with E-state index in [2.05, 4.69) is 0 Å². The first kappa shape index (κ1) is 14.1. The van der Waals surface area contributed by atoms with Crippen molar-refractivity contribution in [3.05, 3.63) is 59.2 Å². The third kappa shape index (κ3) is 2.20. The lowest BCUT2D eigenvalue weighted by Gasteiger charge is -2.20. The fraction of sp³-hybridized carbons (Fsp3) is 0.176. The van der Waals surface area contributed by atoms with Gasteiger partial charge in [0.1, 0.15) is 5.75 Å². The van der Waals surface area contributed by atoms with E-state index in [0.29, 0.717) is 16.8 Å². The number of aliphatic carboxylic acids is 1. The zero-order chi connectivity index (χ0) is 15.9. The number of phenolic OH excluding ortho intramolecular Hbond substituents is 1. The average Bonchev–Trinajstić information content (AvgIpc) is 2.58. The molecule has 0 fully saturated rings. The molecule has 5 nitrogen and oxygen atoms in total. The van der Waals surface area contributed by atoms with E-state index in [1.807, 2.05) is 0 Å². The van der Waals surface area contributed by atoms with Gasteiger partial charge in [0, 0.05) is 24.6 Å². The number of fused-ring (bicyclic) bond motifs is 2. The fourth-order valence-electron chi connectivity index (χ4n) is 2.96. The van der Waals surface area contributed by atoms with Crippen LogP contribution in [0.4, 0.5) is 5.69 Å². The first-order valence-corrected chi connectivity index (χ1v) is 6.90. The highest BCUT2D eigenvalue weighted by Gasteiger charge is 2.31. The minimum atomic E-state index is -0.934. The number of carboxylic acids is 1. The van der Waals surface area contributed by atoms with Crippen LogP contribution in [0.15, 0.2) is 42.5 Å². The molecule has 2 aromatic carbocycles. The van der Waals surface area contributed by atoms with Gasteiger partial charge < -0.3 is 15.1 Å². The number of rotatable bonds is 2. The van der Waals surface area contributed by atoms with Gasteiger partial charge in [0.25, 0.3) is 5.91 Å². The number of hydrogen-bond acceptors (Lipinski definition) is 3. The Labute approximate surface area is 127 Å². The highest BCUT2D eigenvalue weighted by molar-refractivity contribution is 6.08. The predicted molar refractivity (Wildman–Crippen MR) is 81.4 cm³/mol. The van der Waals surface area contributed by atoms with E-state index in [4.69, 9.17) is 0 Å². The maximum absolute atomic E-state index is 12.6. The van der Waals surface area contributed by atoms with Gasteiger partial charge in [-0.1, -0.05) is 24.3 Å². The lowest BCUT2D eigenvalue weighted by atomic mass is 9.86. The van der Waals surface area contributed by atoms with Gasteiger partial charge in [-0.15, -0.1) is 0 Å². The Morgan fingerprint density at radius 3 is 2.64 bits per heavy atom. The Balaban J connectivity index is 2.29. The summed E-state index contributed by atoms with van der Waals surface area (Å²) < 4.78 is 0. The first-order valence-electron chi connectivity index (χ1n) is 6.90. The zero-order valence-electron chi connectivity index (χ0n) is 12.0. The van der Waals surface area contributed by atoms with Crippen molar-refractivity contribution in [1.82, 2.24) is 0 Å². The van der Waals surface area contributed by atoms with Crippen LogP contribution in [0, 0.1) is 0 Å². The molecule has 0 saturated heterocycles. The Morgan fingerprint density at radius 2 is 1.91 bits per heavy atom. The molecule has 1 aliphatic rings. The number of carbonyl (C=O) groups excluding carboxylic acids is 1. The first-order chi connectivity index (χ1) is 10.5. The van der Waals surface area contributed by atoms with Crippen LogP contribution in [0.5, 0.6) is 5.75 Å². The number of carboxylic acid groups (broad SMARTS) is 1. The maximum Gasteiger partial charge on any atom is 0.304 e. The van der Waals surface area contributed by atoms with E-state index < -0.39 is 11.9 Å². The monoisotopic (exact) mass is 297 g/mol. The lowest BCUT2D eigenvalue weighted by Crippen LogP contribution is -2.26. The van der Waals surface area contributed by atoms with Gasteiger partial charge in [0.15, 0.2) is 0 Å². The maximum atomic E-state index is 12.6. The number of aromatic hydroxyl groups is 1. The van der Waals surface area contributed by atoms with E-state index in [1.54, 1.807) is 37.4 Å². The largest absolute Gasteiger partial charge is 0.508 e. The second-order valence-corrected chi connectivity index (χ2v) is 5.34. The summed E-state index contributed by atoms with van der Waals surface area (Å²) in [6.45, 7) is 0. The number of anilines is 1. The predicted octanol–water partition coefficient (Wildman–Crippen LogP) is 2.59. The van der Waals surface area contributed by atoms with Crippen LogP contribution in [0.25, 0.3) is 0 Å². The van der Waals surface area contributed by atoms with Gasteiger partial charge in [0.05, 0.1) is 12.1 Å². The molecule has 1 aliphatic heterocycles. The molecular weight excluding hydrogens is 282 g/mol. The molecule has 0 spiro atoms. The molecular formula is C17H15NO4. The number of carbonyl (C=O) groups is 2. The number of hydrogen-bond donors (Lipinski definition) is 2. The normalized spacial score (nSPS) is 16.7. The van der Waals surface area contributed by atoms with E-state index in [9.17, 15) is 19.8 Å². The Morgan fingerprint density at radius 1 is 1.18 bits per heavy atom. The van der Waals surface area contributed by atoms with Gasteiger partial charge >= 0.3 is 5.97 Å². The average molecular weight is 297 g/mol. The molecule has 0 aromatic heterocycles. The number of amides is 1. The summed E-state index contributed by atoms with van der Waals surface area (Å²) in [5.41, 5.74) is 2.45. The molecule has 22 heavy (non-hydrogen) atoms. The van der Waals surface area contributed by atoms with Crippen molar-refractivity contribution in [3.63, 3.8) is 0 Å². The summed E-state index contributed by atoms with van der Waals surface area (Å²) >= 11 is 0. The van der Waals surface area contributed by atoms with Crippen LogP contribution >= 0.6 is 0 Å². The summed E-state index contributed by atoms with van der Waals surface area (Å²) in [7, 11) is 1.63. The van der Waals surface area contributed by atoms with Crippen molar-refractivity contribution in [1.29, 1.82) is 0 Å². The SMILES string of the molecule is CN1C(=O)c2ccccc2C(CC(=O)O)c2ccc(O)cc21. The highest BCUT2D eigenvalue weighted by atomic mass is 16.4. The molecule has 1 heterocycles. The number of nitrogens with zero attached hydrogens (tertiary/aromatic N) is 1. The van der Waals surface area contributed by atoms with Gasteiger partial charge in [-0.25, -0.2) is 0 Å². The van der Waals surface area contributed by atoms with Crippen LogP contribution in [0.3, 0.4) is 0 Å². The van der Waals surface area contributed by atoms with Gasteiger partial charge in [0.2, 0.25) is 0 Å². The van der Waals surface area contributed by atoms with Gasteiger partial charge in [-0.2, -0.15) is 0 Å². The summed E-state index contributed by atoms with van der Waals surface area (Å²) in [5, 5.41) is 19.0. The second kappa shape index (κ2) is 5.18. The summed E-state index contributed by atoms with van der Waals surface area (Å²) in [6, 6.07) is 11.7. The minimum Gasteiger partial charge on any atom is -0.508 e. The van der Waals surface area contributed by atoms with Crippen LogP contribution in [0.2, 0.25) is 0 Å². The molecule has 112 valence electrons. The molecule has 1 unspecified atom stereocenters. The molecule has 3 rings (SSSR count). The van der Waals surface area contributed by atoms with E-state index in [-0.39, 0.29) is 18.1 Å². The molecule has 1 atom stereocenters. The molecule has 2 N–H and O–H groups in total. The zero-order valence-corrected chi connectivity index (χ0v) is 12.0.